The van der Waals surface area contributed by atoms with E-state index in [1.165, 1.54) is 0 Å². The molecule has 0 heterocycles. The van der Waals surface area contributed by atoms with E-state index in [4.69, 9.17) is 4.74 Å². The topological polar surface area (TPSA) is 58.6 Å². The van der Waals surface area contributed by atoms with Gasteiger partial charge in [-0.15, -0.1) is 0 Å². The SMILES string of the molecule is CCCCNC(=O)C(Cc1ccccc1)N(Cc1cccc(C)c1)C(=O)COc1cccc2ccccc12. The molecular formula is C33H36N2O3. The average molecular weight is 509 g/mol. The van der Waals surface area contributed by atoms with Gasteiger partial charge in [-0.3, -0.25) is 9.59 Å². The number of carbonyl (C=O) groups is 2. The lowest BCUT2D eigenvalue weighted by molar-refractivity contribution is -0.142. The van der Waals surface area contributed by atoms with Crippen LogP contribution in [0.5, 0.6) is 5.75 Å². The van der Waals surface area contributed by atoms with Crippen LogP contribution >= 0.6 is 0 Å². The molecule has 1 atom stereocenters. The Balaban J connectivity index is 1.63. The van der Waals surface area contributed by atoms with Gasteiger partial charge in [-0.1, -0.05) is 110 Å². The summed E-state index contributed by atoms with van der Waals surface area (Å²) in [7, 11) is 0. The maximum absolute atomic E-state index is 13.8. The van der Waals surface area contributed by atoms with Crippen molar-refractivity contribution in [1.29, 1.82) is 0 Å². The van der Waals surface area contributed by atoms with Crippen molar-refractivity contribution in [3.63, 3.8) is 0 Å². The number of unbranched alkanes of at least 4 members (excludes halogenated alkanes) is 1. The molecule has 4 rings (SSSR count). The number of nitrogens with one attached hydrogen (secondary N) is 1. The zero-order valence-electron chi connectivity index (χ0n) is 22.2. The van der Waals surface area contributed by atoms with Crippen molar-refractivity contribution >= 4 is 22.6 Å². The summed E-state index contributed by atoms with van der Waals surface area (Å²) in [6.45, 7) is 4.86. The zero-order chi connectivity index (χ0) is 26.7. The maximum atomic E-state index is 13.8. The van der Waals surface area contributed by atoms with Crippen molar-refractivity contribution in [1.82, 2.24) is 10.2 Å². The average Bonchev–Trinajstić information content (AvgIpc) is 2.94. The van der Waals surface area contributed by atoms with E-state index in [2.05, 4.69) is 18.3 Å². The molecule has 1 unspecified atom stereocenters. The van der Waals surface area contributed by atoms with E-state index in [1.807, 2.05) is 97.9 Å². The van der Waals surface area contributed by atoms with Crippen LogP contribution in [0.3, 0.4) is 0 Å². The van der Waals surface area contributed by atoms with Crippen LogP contribution in [0.4, 0.5) is 0 Å². The van der Waals surface area contributed by atoms with E-state index < -0.39 is 6.04 Å². The van der Waals surface area contributed by atoms with Gasteiger partial charge in [-0.25, -0.2) is 0 Å². The Morgan fingerprint density at radius 1 is 0.868 bits per heavy atom. The number of ether oxygens (including phenoxy) is 1. The van der Waals surface area contributed by atoms with Crippen molar-refractivity contribution in [2.75, 3.05) is 13.2 Å². The van der Waals surface area contributed by atoms with Crippen LogP contribution in [-0.4, -0.2) is 35.9 Å². The van der Waals surface area contributed by atoms with Crippen molar-refractivity contribution in [2.24, 2.45) is 0 Å². The highest BCUT2D eigenvalue weighted by Gasteiger charge is 2.30. The molecule has 5 nitrogen and oxygen atoms in total. The van der Waals surface area contributed by atoms with Crippen molar-refractivity contribution < 1.29 is 14.3 Å². The van der Waals surface area contributed by atoms with Gasteiger partial charge in [0.1, 0.15) is 11.8 Å². The van der Waals surface area contributed by atoms with Crippen LogP contribution in [0.2, 0.25) is 0 Å². The van der Waals surface area contributed by atoms with Gasteiger partial charge in [-0.2, -0.15) is 0 Å². The normalized spacial score (nSPS) is 11.6. The van der Waals surface area contributed by atoms with Gasteiger partial charge < -0.3 is 15.0 Å². The standard InChI is InChI=1S/C33H36N2O3/c1-3-4-20-34-33(37)30(22-26-13-6-5-7-14-26)35(23-27-15-10-12-25(2)21-27)32(36)24-38-31-19-11-17-28-16-8-9-18-29(28)31/h5-19,21,30H,3-4,20,22-24H2,1-2H3,(H,34,37). The predicted molar refractivity (Wildman–Crippen MR) is 153 cm³/mol. The van der Waals surface area contributed by atoms with Crippen LogP contribution in [0.1, 0.15) is 36.5 Å². The molecule has 4 aromatic rings. The van der Waals surface area contributed by atoms with Crippen molar-refractivity contribution in [2.45, 2.75) is 45.7 Å². The molecule has 0 saturated heterocycles. The molecule has 38 heavy (non-hydrogen) atoms. The van der Waals surface area contributed by atoms with Crippen LogP contribution in [0.25, 0.3) is 10.8 Å². The van der Waals surface area contributed by atoms with Gasteiger partial charge in [0.25, 0.3) is 5.91 Å². The fourth-order valence-electron chi connectivity index (χ4n) is 4.61. The summed E-state index contributed by atoms with van der Waals surface area (Å²) >= 11 is 0. The Labute approximate surface area is 225 Å². The molecular weight excluding hydrogens is 472 g/mol. The Hall–Kier alpha value is -4.12. The lowest BCUT2D eigenvalue weighted by Gasteiger charge is -2.31. The molecule has 0 aromatic heterocycles. The Morgan fingerprint density at radius 2 is 1.58 bits per heavy atom. The number of aryl methyl sites for hydroxylation is 1. The first-order valence-electron chi connectivity index (χ1n) is 13.3. The molecule has 0 bridgehead atoms. The second kappa shape index (κ2) is 13.4. The summed E-state index contributed by atoms with van der Waals surface area (Å²) < 4.78 is 6.08. The monoisotopic (exact) mass is 508 g/mol. The summed E-state index contributed by atoms with van der Waals surface area (Å²) in [6.07, 6.45) is 2.29. The molecule has 0 spiro atoms. The second-order valence-corrected chi connectivity index (χ2v) is 9.63. The van der Waals surface area contributed by atoms with Gasteiger partial charge in [0, 0.05) is 24.9 Å². The van der Waals surface area contributed by atoms with E-state index in [0.29, 0.717) is 25.3 Å². The first-order valence-corrected chi connectivity index (χ1v) is 13.3. The number of benzene rings is 4. The molecule has 4 aromatic carbocycles. The summed E-state index contributed by atoms with van der Waals surface area (Å²) in [5.41, 5.74) is 3.08. The van der Waals surface area contributed by atoms with Gasteiger partial charge in [0.15, 0.2) is 6.61 Å². The number of nitrogens with zero attached hydrogens (tertiary/aromatic N) is 1. The van der Waals surface area contributed by atoms with Crippen LogP contribution in [-0.2, 0) is 22.6 Å². The molecule has 0 radical (unpaired) electrons. The number of carbonyl (C=O) groups excluding carboxylic acids is 2. The van der Waals surface area contributed by atoms with E-state index in [0.717, 1.165) is 40.3 Å². The molecule has 2 amide bonds. The van der Waals surface area contributed by atoms with E-state index >= 15 is 0 Å². The highest BCUT2D eigenvalue weighted by atomic mass is 16.5. The fourth-order valence-corrected chi connectivity index (χ4v) is 4.61. The van der Waals surface area contributed by atoms with Crippen LogP contribution < -0.4 is 10.1 Å². The van der Waals surface area contributed by atoms with Crippen molar-refractivity contribution in [3.8, 4) is 5.75 Å². The number of hydrogen-bond acceptors (Lipinski definition) is 3. The largest absolute Gasteiger partial charge is 0.483 e. The summed E-state index contributed by atoms with van der Waals surface area (Å²) in [4.78, 5) is 29.0. The third-order valence-corrected chi connectivity index (χ3v) is 6.64. The fraction of sp³-hybridized carbons (Fsp3) is 0.273. The molecule has 0 aliphatic carbocycles. The quantitative estimate of drug-likeness (QED) is 0.236. The molecule has 0 fully saturated rings. The third kappa shape index (κ3) is 7.22. The van der Waals surface area contributed by atoms with Gasteiger partial charge in [0.05, 0.1) is 0 Å². The minimum atomic E-state index is -0.668. The first-order chi connectivity index (χ1) is 18.5. The van der Waals surface area contributed by atoms with E-state index in [9.17, 15) is 9.59 Å². The van der Waals surface area contributed by atoms with Crippen LogP contribution in [0.15, 0.2) is 97.1 Å². The van der Waals surface area contributed by atoms with Gasteiger partial charge in [-0.05, 0) is 35.9 Å². The minimum Gasteiger partial charge on any atom is -0.483 e. The Bertz CT molecular complexity index is 1350. The number of amides is 2. The van der Waals surface area contributed by atoms with Gasteiger partial charge in [0.2, 0.25) is 5.91 Å². The molecule has 5 heteroatoms. The Kier molecular flexibility index (Phi) is 9.52. The zero-order valence-corrected chi connectivity index (χ0v) is 22.2. The number of hydrogen-bond donors (Lipinski definition) is 1. The minimum absolute atomic E-state index is 0.145. The first kappa shape index (κ1) is 26.9. The predicted octanol–water partition coefficient (Wildman–Crippen LogP) is 6.08. The number of rotatable bonds is 12. The lowest BCUT2D eigenvalue weighted by Crippen LogP contribution is -2.51. The van der Waals surface area contributed by atoms with E-state index in [1.54, 1.807) is 4.90 Å². The molecule has 1 N–H and O–H groups in total. The second-order valence-electron chi connectivity index (χ2n) is 9.63. The van der Waals surface area contributed by atoms with Gasteiger partial charge >= 0.3 is 0 Å². The lowest BCUT2D eigenvalue weighted by atomic mass is 10.0. The van der Waals surface area contributed by atoms with E-state index in [-0.39, 0.29) is 18.4 Å². The van der Waals surface area contributed by atoms with Crippen molar-refractivity contribution in [3.05, 3.63) is 114 Å². The third-order valence-electron chi connectivity index (χ3n) is 6.64. The molecule has 0 aliphatic rings. The summed E-state index contributed by atoms with van der Waals surface area (Å²) in [5, 5.41) is 5.06. The maximum Gasteiger partial charge on any atom is 0.261 e. The summed E-state index contributed by atoms with van der Waals surface area (Å²) in [5.74, 6) is 0.276. The molecule has 196 valence electrons. The summed E-state index contributed by atoms with van der Waals surface area (Å²) in [6, 6.07) is 31.0. The van der Waals surface area contributed by atoms with Crippen LogP contribution in [0, 0.1) is 6.92 Å². The smallest absolute Gasteiger partial charge is 0.261 e. The number of fused-ring (bicyclic) bond motifs is 1. The molecule has 0 saturated carbocycles. The highest BCUT2D eigenvalue weighted by Crippen LogP contribution is 2.25. The highest BCUT2D eigenvalue weighted by molar-refractivity contribution is 5.90. The molecule has 0 aliphatic heterocycles. The Morgan fingerprint density at radius 3 is 2.37 bits per heavy atom.